The van der Waals surface area contributed by atoms with Gasteiger partial charge < -0.3 is 0 Å². The van der Waals surface area contributed by atoms with Gasteiger partial charge in [0.15, 0.2) is 0 Å². The summed E-state index contributed by atoms with van der Waals surface area (Å²) >= 11 is 0. The Labute approximate surface area is 265 Å². The Morgan fingerprint density at radius 2 is 0.524 bits per heavy atom. The van der Waals surface area contributed by atoms with Crippen LogP contribution >= 0.6 is 0 Å². The van der Waals surface area contributed by atoms with Gasteiger partial charge in [0.2, 0.25) is 0 Å². The van der Waals surface area contributed by atoms with Crippen molar-refractivity contribution in [2.75, 3.05) is 26.2 Å². The van der Waals surface area contributed by atoms with Crippen LogP contribution in [-0.2, 0) is 13.1 Å². The number of unbranched alkanes of at least 4 members (excludes halogenated alkanes) is 20. The van der Waals surface area contributed by atoms with E-state index in [4.69, 9.17) is 0 Å². The summed E-state index contributed by atoms with van der Waals surface area (Å²) in [6.45, 7) is 16.6. The third-order valence-corrected chi connectivity index (χ3v) is 9.15. The van der Waals surface area contributed by atoms with E-state index in [1.807, 2.05) is 0 Å². The zero-order chi connectivity index (χ0) is 30.4. The predicted molar refractivity (Wildman–Crippen MR) is 190 cm³/mol. The van der Waals surface area contributed by atoms with E-state index in [9.17, 15) is 0 Å². The fourth-order valence-electron chi connectivity index (χ4n) is 6.27. The van der Waals surface area contributed by atoms with Gasteiger partial charge in [-0.05, 0) is 63.0 Å². The average molecular weight is 585 g/mol. The van der Waals surface area contributed by atoms with E-state index in [0.29, 0.717) is 0 Å². The Hall–Kier alpha value is -0.860. The fourth-order valence-corrected chi connectivity index (χ4v) is 6.27. The molecule has 246 valence electrons. The average Bonchev–Trinajstić information content (AvgIpc) is 3.00. The third-order valence-electron chi connectivity index (χ3n) is 9.15. The van der Waals surface area contributed by atoms with E-state index in [0.717, 1.165) is 13.1 Å². The molecule has 0 aliphatic carbocycles. The fraction of sp³-hybridized carbons (Fsp3) is 0.850. The second kappa shape index (κ2) is 30.2. The lowest BCUT2D eigenvalue weighted by Crippen LogP contribution is -2.26. The van der Waals surface area contributed by atoms with E-state index in [2.05, 4.69) is 61.8 Å². The zero-order valence-electron chi connectivity index (χ0n) is 29.4. The second-order valence-electron chi connectivity index (χ2n) is 13.4. The summed E-state index contributed by atoms with van der Waals surface area (Å²) in [4.78, 5) is 5.52. The molecule has 1 aromatic rings. The van der Waals surface area contributed by atoms with Gasteiger partial charge >= 0.3 is 0 Å². The number of rotatable bonds is 32. The molecular weight excluding hydrogens is 508 g/mol. The summed E-state index contributed by atoms with van der Waals surface area (Å²) in [6, 6.07) is 9.77. The van der Waals surface area contributed by atoms with Gasteiger partial charge in [-0.2, -0.15) is 0 Å². The SMILES string of the molecule is CCCCCCCCN(CCCCCCCC)Cc1ccc(CN(CCCCCCCC)CCCCCCCC)cc1. The first-order chi connectivity index (χ1) is 20.7. The maximum absolute atomic E-state index is 2.76. The third kappa shape index (κ3) is 23.6. The molecule has 0 amide bonds. The Balaban J connectivity index is 2.60. The normalized spacial score (nSPS) is 11.8. The molecule has 0 heterocycles. The lowest BCUT2D eigenvalue weighted by atomic mass is 10.1. The molecule has 0 spiro atoms. The van der Waals surface area contributed by atoms with Crippen LogP contribution in [0.3, 0.4) is 0 Å². The highest BCUT2D eigenvalue weighted by molar-refractivity contribution is 5.22. The standard InChI is InChI=1S/C40H76N2/c1-5-9-13-17-21-25-33-41(34-26-22-18-14-10-6-2)37-39-29-31-40(32-30-39)38-42(35-27-23-19-15-11-7-3)36-28-24-20-16-12-8-4/h29-32H,5-28,33-38H2,1-4H3. The highest BCUT2D eigenvalue weighted by Gasteiger charge is 2.09. The minimum Gasteiger partial charge on any atom is -0.299 e. The number of hydrogen-bond donors (Lipinski definition) is 0. The Morgan fingerprint density at radius 3 is 0.762 bits per heavy atom. The summed E-state index contributed by atoms with van der Waals surface area (Å²) in [5.74, 6) is 0. The molecule has 0 bridgehead atoms. The van der Waals surface area contributed by atoms with E-state index in [-0.39, 0.29) is 0 Å². The quantitative estimate of drug-likeness (QED) is 0.0777. The molecule has 0 saturated carbocycles. The molecule has 0 N–H and O–H groups in total. The molecule has 42 heavy (non-hydrogen) atoms. The van der Waals surface area contributed by atoms with Crippen LogP contribution in [0.2, 0.25) is 0 Å². The molecular formula is C40H76N2. The van der Waals surface area contributed by atoms with Gasteiger partial charge in [-0.3, -0.25) is 9.80 Å². The summed E-state index contributed by atoms with van der Waals surface area (Å²) in [5, 5.41) is 0. The molecule has 2 nitrogen and oxygen atoms in total. The zero-order valence-corrected chi connectivity index (χ0v) is 29.4. The Kier molecular flexibility index (Phi) is 28.1. The molecule has 2 heteroatoms. The van der Waals surface area contributed by atoms with Crippen molar-refractivity contribution in [3.63, 3.8) is 0 Å². The topological polar surface area (TPSA) is 6.48 Å². The number of benzene rings is 1. The van der Waals surface area contributed by atoms with Crippen LogP contribution in [0.25, 0.3) is 0 Å². The van der Waals surface area contributed by atoms with Crippen molar-refractivity contribution < 1.29 is 0 Å². The first-order valence-electron chi connectivity index (χ1n) is 19.3. The van der Waals surface area contributed by atoms with Crippen molar-refractivity contribution in [1.82, 2.24) is 9.80 Å². The molecule has 1 rings (SSSR count). The molecule has 0 aliphatic heterocycles. The van der Waals surface area contributed by atoms with Crippen LogP contribution in [0.5, 0.6) is 0 Å². The lowest BCUT2D eigenvalue weighted by molar-refractivity contribution is 0.250. The lowest BCUT2D eigenvalue weighted by Gasteiger charge is -2.24. The van der Waals surface area contributed by atoms with Crippen LogP contribution in [0.4, 0.5) is 0 Å². The predicted octanol–water partition coefficient (Wildman–Crippen LogP) is 12.7. The van der Waals surface area contributed by atoms with Crippen molar-refractivity contribution in [3.8, 4) is 0 Å². The first kappa shape index (κ1) is 39.2. The summed E-state index contributed by atoms with van der Waals surface area (Å²) in [5.41, 5.74) is 3.02. The van der Waals surface area contributed by atoms with Crippen LogP contribution in [0.15, 0.2) is 24.3 Å². The Morgan fingerprint density at radius 1 is 0.310 bits per heavy atom. The van der Waals surface area contributed by atoms with Crippen LogP contribution in [-0.4, -0.2) is 36.0 Å². The summed E-state index contributed by atoms with van der Waals surface area (Å²) < 4.78 is 0. The summed E-state index contributed by atoms with van der Waals surface area (Å²) in [7, 11) is 0. The second-order valence-corrected chi connectivity index (χ2v) is 13.4. The van der Waals surface area contributed by atoms with E-state index in [1.54, 1.807) is 0 Å². The molecule has 0 atom stereocenters. The maximum atomic E-state index is 2.76. The van der Waals surface area contributed by atoms with Crippen molar-refractivity contribution in [2.24, 2.45) is 0 Å². The van der Waals surface area contributed by atoms with Crippen molar-refractivity contribution in [3.05, 3.63) is 35.4 Å². The minimum absolute atomic E-state index is 1.13. The maximum Gasteiger partial charge on any atom is 0.0233 e. The summed E-state index contributed by atoms with van der Waals surface area (Å²) in [6.07, 6.45) is 33.4. The van der Waals surface area contributed by atoms with E-state index in [1.165, 1.54) is 191 Å². The van der Waals surface area contributed by atoms with Gasteiger partial charge in [0.1, 0.15) is 0 Å². The van der Waals surface area contributed by atoms with Gasteiger partial charge in [-0.15, -0.1) is 0 Å². The molecule has 0 fully saturated rings. The smallest absolute Gasteiger partial charge is 0.0233 e. The molecule has 0 aromatic heterocycles. The van der Waals surface area contributed by atoms with Crippen molar-refractivity contribution in [1.29, 1.82) is 0 Å². The highest BCUT2D eigenvalue weighted by Crippen LogP contribution is 2.16. The monoisotopic (exact) mass is 585 g/mol. The van der Waals surface area contributed by atoms with Gasteiger partial charge in [0.05, 0.1) is 0 Å². The number of hydrogen-bond acceptors (Lipinski definition) is 2. The van der Waals surface area contributed by atoms with Gasteiger partial charge in [-0.25, -0.2) is 0 Å². The van der Waals surface area contributed by atoms with Gasteiger partial charge in [-0.1, -0.05) is 180 Å². The minimum atomic E-state index is 1.13. The molecule has 0 radical (unpaired) electrons. The van der Waals surface area contributed by atoms with Crippen LogP contribution in [0.1, 0.15) is 193 Å². The molecule has 0 aliphatic rings. The van der Waals surface area contributed by atoms with E-state index >= 15 is 0 Å². The van der Waals surface area contributed by atoms with Crippen LogP contribution < -0.4 is 0 Å². The molecule has 0 unspecified atom stereocenters. The number of nitrogens with zero attached hydrogens (tertiary/aromatic N) is 2. The van der Waals surface area contributed by atoms with Crippen molar-refractivity contribution in [2.45, 2.75) is 195 Å². The van der Waals surface area contributed by atoms with E-state index < -0.39 is 0 Å². The molecule has 1 aromatic carbocycles. The largest absolute Gasteiger partial charge is 0.299 e. The van der Waals surface area contributed by atoms with Crippen molar-refractivity contribution >= 4 is 0 Å². The van der Waals surface area contributed by atoms with Gasteiger partial charge in [0, 0.05) is 13.1 Å². The highest BCUT2D eigenvalue weighted by atomic mass is 15.1. The van der Waals surface area contributed by atoms with Crippen LogP contribution in [0, 0.1) is 0 Å². The Bertz CT molecular complexity index is 565. The first-order valence-corrected chi connectivity index (χ1v) is 19.3. The molecule has 0 saturated heterocycles. The van der Waals surface area contributed by atoms with Gasteiger partial charge in [0.25, 0.3) is 0 Å².